The van der Waals surface area contributed by atoms with Crippen LogP contribution in [0.25, 0.3) is 0 Å². The average molecular weight is 289 g/mol. The summed E-state index contributed by atoms with van der Waals surface area (Å²) < 4.78 is 13.2. The van der Waals surface area contributed by atoms with Crippen LogP contribution >= 0.6 is 0 Å². The SMILES string of the molecule is NCC#Cc1cc(F)ccc1C(=O)NCC(=O)NC1CC1. The van der Waals surface area contributed by atoms with Gasteiger partial charge in [-0.3, -0.25) is 9.59 Å². The Morgan fingerprint density at radius 2 is 2.14 bits per heavy atom. The number of nitrogens with two attached hydrogens (primary N) is 1. The molecule has 1 aliphatic rings. The second-order valence-corrected chi connectivity index (χ2v) is 4.72. The van der Waals surface area contributed by atoms with Gasteiger partial charge in [-0.05, 0) is 31.0 Å². The van der Waals surface area contributed by atoms with Gasteiger partial charge in [0.05, 0.1) is 18.7 Å². The summed E-state index contributed by atoms with van der Waals surface area (Å²) >= 11 is 0. The van der Waals surface area contributed by atoms with Gasteiger partial charge < -0.3 is 16.4 Å². The van der Waals surface area contributed by atoms with Crippen LogP contribution in [0.4, 0.5) is 4.39 Å². The van der Waals surface area contributed by atoms with Crippen LogP contribution in [0.1, 0.15) is 28.8 Å². The predicted molar refractivity (Wildman–Crippen MR) is 75.8 cm³/mol. The molecule has 1 fully saturated rings. The molecule has 2 amide bonds. The number of amides is 2. The Balaban J connectivity index is 2.01. The van der Waals surface area contributed by atoms with Gasteiger partial charge in [0, 0.05) is 11.6 Å². The number of hydrogen-bond donors (Lipinski definition) is 3. The number of benzene rings is 1. The van der Waals surface area contributed by atoms with Gasteiger partial charge in [0.1, 0.15) is 5.82 Å². The van der Waals surface area contributed by atoms with Gasteiger partial charge in [-0.1, -0.05) is 11.8 Å². The summed E-state index contributed by atoms with van der Waals surface area (Å²) in [7, 11) is 0. The van der Waals surface area contributed by atoms with Gasteiger partial charge in [0.25, 0.3) is 5.91 Å². The summed E-state index contributed by atoms with van der Waals surface area (Å²) in [5.41, 5.74) is 5.74. The second kappa shape index (κ2) is 6.86. The Bertz CT molecular complexity index is 615. The molecule has 0 saturated heterocycles. The molecule has 0 aromatic heterocycles. The van der Waals surface area contributed by atoms with Crippen LogP contribution in [0.2, 0.25) is 0 Å². The third kappa shape index (κ3) is 4.58. The summed E-state index contributed by atoms with van der Waals surface area (Å²) in [6.07, 6.45) is 1.97. The summed E-state index contributed by atoms with van der Waals surface area (Å²) in [6.45, 7) is -0.00215. The van der Waals surface area contributed by atoms with Crippen molar-refractivity contribution >= 4 is 11.8 Å². The van der Waals surface area contributed by atoms with Crippen LogP contribution in [-0.4, -0.2) is 30.9 Å². The summed E-state index contributed by atoms with van der Waals surface area (Å²) in [4.78, 5) is 23.5. The van der Waals surface area contributed by atoms with Crippen molar-refractivity contribution in [2.24, 2.45) is 5.73 Å². The normalized spacial score (nSPS) is 13.0. The van der Waals surface area contributed by atoms with Crippen molar-refractivity contribution in [1.29, 1.82) is 0 Å². The number of nitrogens with one attached hydrogen (secondary N) is 2. The number of rotatable bonds is 4. The van der Waals surface area contributed by atoms with Crippen molar-refractivity contribution in [2.45, 2.75) is 18.9 Å². The third-order valence-corrected chi connectivity index (χ3v) is 2.90. The minimum absolute atomic E-state index is 0.112. The van der Waals surface area contributed by atoms with Crippen LogP contribution in [0.3, 0.4) is 0 Å². The fourth-order valence-corrected chi connectivity index (χ4v) is 1.73. The molecular formula is C15H16FN3O2. The van der Waals surface area contributed by atoms with E-state index in [1.807, 2.05) is 0 Å². The quantitative estimate of drug-likeness (QED) is 0.690. The van der Waals surface area contributed by atoms with E-state index in [2.05, 4.69) is 22.5 Å². The molecule has 0 atom stereocenters. The van der Waals surface area contributed by atoms with E-state index in [1.165, 1.54) is 18.2 Å². The molecule has 1 aromatic carbocycles. The Morgan fingerprint density at radius 3 is 2.81 bits per heavy atom. The minimum Gasteiger partial charge on any atom is -0.352 e. The molecule has 0 aliphatic heterocycles. The van der Waals surface area contributed by atoms with Gasteiger partial charge in [-0.2, -0.15) is 0 Å². The summed E-state index contributed by atoms with van der Waals surface area (Å²) in [5, 5.41) is 5.26. The van der Waals surface area contributed by atoms with Crippen LogP contribution in [0, 0.1) is 17.7 Å². The monoisotopic (exact) mass is 289 g/mol. The fourth-order valence-electron chi connectivity index (χ4n) is 1.73. The van der Waals surface area contributed by atoms with Gasteiger partial charge in [0.15, 0.2) is 0 Å². The lowest BCUT2D eigenvalue weighted by molar-refractivity contribution is -0.120. The molecule has 5 nitrogen and oxygen atoms in total. The first-order valence-electron chi connectivity index (χ1n) is 6.66. The highest BCUT2D eigenvalue weighted by atomic mass is 19.1. The van der Waals surface area contributed by atoms with E-state index >= 15 is 0 Å². The molecule has 0 heterocycles. The molecule has 21 heavy (non-hydrogen) atoms. The first kappa shape index (κ1) is 15.0. The summed E-state index contributed by atoms with van der Waals surface area (Å²) in [5.74, 6) is 4.04. The van der Waals surface area contributed by atoms with E-state index in [0.29, 0.717) is 0 Å². The lowest BCUT2D eigenvalue weighted by Crippen LogP contribution is -2.38. The van der Waals surface area contributed by atoms with Gasteiger partial charge in [-0.25, -0.2) is 4.39 Å². The number of carbonyl (C=O) groups is 2. The zero-order valence-corrected chi connectivity index (χ0v) is 11.4. The molecule has 6 heteroatoms. The maximum absolute atomic E-state index is 13.2. The molecule has 0 spiro atoms. The Kier molecular flexibility index (Phi) is 4.90. The van der Waals surface area contributed by atoms with Gasteiger partial charge >= 0.3 is 0 Å². The van der Waals surface area contributed by atoms with Crippen molar-refractivity contribution in [3.05, 3.63) is 35.1 Å². The highest BCUT2D eigenvalue weighted by Gasteiger charge is 2.23. The molecular weight excluding hydrogens is 273 g/mol. The molecule has 0 bridgehead atoms. The Hall–Kier alpha value is -2.39. The van der Waals surface area contributed by atoms with E-state index in [-0.39, 0.29) is 36.2 Å². The highest BCUT2D eigenvalue weighted by molar-refractivity contribution is 5.98. The standard InChI is InChI=1S/C15H16FN3O2/c16-11-3-6-13(10(8-11)2-1-7-17)15(21)18-9-14(20)19-12-4-5-12/h3,6,8,12H,4-5,7,9,17H2,(H,18,21)(H,19,20). The van der Waals surface area contributed by atoms with Crippen LogP contribution < -0.4 is 16.4 Å². The van der Waals surface area contributed by atoms with Crippen molar-refractivity contribution < 1.29 is 14.0 Å². The molecule has 1 aromatic rings. The molecule has 2 rings (SSSR count). The van der Waals surface area contributed by atoms with Crippen molar-refractivity contribution in [3.8, 4) is 11.8 Å². The Morgan fingerprint density at radius 1 is 1.38 bits per heavy atom. The number of halogens is 1. The van der Waals surface area contributed by atoms with E-state index in [4.69, 9.17) is 5.73 Å². The molecule has 110 valence electrons. The van der Waals surface area contributed by atoms with E-state index in [1.54, 1.807) is 0 Å². The van der Waals surface area contributed by atoms with E-state index < -0.39 is 11.7 Å². The lowest BCUT2D eigenvalue weighted by atomic mass is 10.1. The van der Waals surface area contributed by atoms with Crippen LogP contribution in [-0.2, 0) is 4.79 Å². The fraction of sp³-hybridized carbons (Fsp3) is 0.333. The highest BCUT2D eigenvalue weighted by Crippen LogP contribution is 2.18. The molecule has 1 saturated carbocycles. The number of hydrogen-bond acceptors (Lipinski definition) is 3. The van der Waals surface area contributed by atoms with Crippen LogP contribution in [0.5, 0.6) is 0 Å². The Labute approximate surface area is 122 Å². The topological polar surface area (TPSA) is 84.2 Å². The third-order valence-electron chi connectivity index (χ3n) is 2.90. The average Bonchev–Trinajstić information content (AvgIpc) is 3.26. The van der Waals surface area contributed by atoms with Crippen molar-refractivity contribution in [2.75, 3.05) is 13.1 Å². The van der Waals surface area contributed by atoms with Gasteiger partial charge in [-0.15, -0.1) is 0 Å². The first-order chi connectivity index (χ1) is 10.1. The zero-order chi connectivity index (χ0) is 15.2. The number of carbonyl (C=O) groups excluding carboxylic acids is 2. The molecule has 0 radical (unpaired) electrons. The smallest absolute Gasteiger partial charge is 0.252 e. The molecule has 0 unspecified atom stereocenters. The van der Waals surface area contributed by atoms with Crippen LogP contribution in [0.15, 0.2) is 18.2 Å². The van der Waals surface area contributed by atoms with Gasteiger partial charge in [0.2, 0.25) is 5.91 Å². The van der Waals surface area contributed by atoms with E-state index in [0.717, 1.165) is 12.8 Å². The van der Waals surface area contributed by atoms with Crippen molar-refractivity contribution in [3.63, 3.8) is 0 Å². The summed E-state index contributed by atoms with van der Waals surface area (Å²) in [6, 6.07) is 3.92. The molecule has 1 aliphatic carbocycles. The first-order valence-corrected chi connectivity index (χ1v) is 6.66. The maximum Gasteiger partial charge on any atom is 0.252 e. The predicted octanol–water partition coefficient (Wildman–Crippen LogP) is 0.144. The second-order valence-electron chi connectivity index (χ2n) is 4.72. The van der Waals surface area contributed by atoms with E-state index in [9.17, 15) is 14.0 Å². The lowest BCUT2D eigenvalue weighted by Gasteiger charge is -2.07. The van der Waals surface area contributed by atoms with Crippen molar-refractivity contribution in [1.82, 2.24) is 10.6 Å². The zero-order valence-electron chi connectivity index (χ0n) is 11.4. The maximum atomic E-state index is 13.2. The largest absolute Gasteiger partial charge is 0.352 e. The molecule has 4 N–H and O–H groups in total. The minimum atomic E-state index is -0.487.